The van der Waals surface area contributed by atoms with Crippen molar-refractivity contribution in [2.45, 2.75) is 107 Å². The number of halogens is 5. The van der Waals surface area contributed by atoms with Gasteiger partial charge in [0, 0.05) is 93.2 Å². The number of anilines is 4. The highest BCUT2D eigenvalue weighted by Crippen LogP contribution is 2.37. The van der Waals surface area contributed by atoms with Crippen molar-refractivity contribution >= 4 is 110 Å². The zero-order chi connectivity index (χ0) is 81.1. The fourth-order valence-corrected chi connectivity index (χ4v) is 16.5. The van der Waals surface area contributed by atoms with Gasteiger partial charge in [0.1, 0.15) is 28.7 Å². The molecule has 9 aliphatic heterocycles. The number of hydrogen-bond donors (Lipinski definition) is 10. The molecule has 9 heterocycles. The lowest BCUT2D eigenvalue weighted by Crippen LogP contribution is -2.57. The van der Waals surface area contributed by atoms with Crippen LogP contribution in [0.3, 0.4) is 0 Å². The predicted molar refractivity (Wildman–Crippen MR) is 447 cm³/mol. The number of methoxy groups -OCH3 is 5. The molecule has 5 atom stereocenters. The fourth-order valence-electron chi connectivity index (χ4n) is 15.7. The molecule has 0 spiro atoms. The second-order valence-corrected chi connectivity index (χ2v) is 32.1. The molecule has 14 N–H and O–H groups in total. The maximum atomic E-state index is 12.6. The molecule has 30 heteroatoms. The minimum atomic E-state index is -0.843. The number of aryl methyl sites for hydroxylation is 1. The maximum Gasteiger partial charge on any atom is 0.255 e. The number of carbonyl (C=O) groups is 5. The van der Waals surface area contributed by atoms with Gasteiger partial charge in [-0.3, -0.25) is 24.0 Å². The Bertz CT molecular complexity index is 4100. The van der Waals surface area contributed by atoms with Crippen LogP contribution in [0.4, 0.5) is 22.7 Å². The summed E-state index contributed by atoms with van der Waals surface area (Å²) in [7, 11) is 13.6. The van der Waals surface area contributed by atoms with Crippen molar-refractivity contribution in [2.75, 3.05) is 165 Å². The van der Waals surface area contributed by atoms with Gasteiger partial charge in [-0.1, -0.05) is 94.8 Å². The third kappa shape index (κ3) is 23.4. The van der Waals surface area contributed by atoms with Crippen LogP contribution < -0.4 is 73.2 Å². The van der Waals surface area contributed by atoms with Crippen LogP contribution in [0.25, 0.3) is 0 Å². The van der Waals surface area contributed by atoms with Gasteiger partial charge >= 0.3 is 0 Å². The Morgan fingerprint density at radius 3 is 1.30 bits per heavy atom. The molecule has 610 valence electrons. The minimum Gasteiger partial charge on any atom is -0.496 e. The van der Waals surface area contributed by atoms with Crippen LogP contribution >= 0.6 is 58.0 Å². The smallest absolute Gasteiger partial charge is 0.255 e. The summed E-state index contributed by atoms with van der Waals surface area (Å²) in [5.74, 6) is 2.94. The molecule has 0 radical (unpaired) electrons. The maximum absolute atomic E-state index is 12.6. The number of aliphatic hydroxyl groups is 1. The summed E-state index contributed by atoms with van der Waals surface area (Å²) in [4.78, 5) is 74.2. The van der Waals surface area contributed by atoms with E-state index in [1.54, 1.807) is 54.6 Å². The highest BCUT2D eigenvalue weighted by Gasteiger charge is 2.39. The molecular weight excluding hydrogens is 1530 g/mol. The van der Waals surface area contributed by atoms with Crippen LogP contribution in [0.5, 0.6) is 28.7 Å². The number of fused-ring (bicyclic) bond motifs is 7. The summed E-state index contributed by atoms with van der Waals surface area (Å²) >= 11 is 30.2. The second kappa shape index (κ2) is 41.4. The standard InChI is InChI=1S/C18H26ClN3O2.C18H22ClN3O2.C16H23ClN2O3.2C15H20ClN3O2/c1-24-17-10-15(20)14(19)9-13(17)18(23)21-11-12-5-4-8-22-7-3-2-6-16(12)22;1-22(2)16(12-7-5-4-6-8-12)11-21-18(23)13-9-14(19)15(20)10-17(13)24-3;1-11-8-14(22-3)12(9-13(11)17)15(20)18-10-16(21)4-6-19(2)7-5-16;2*1-21-14-7-12(17)11(16)6-10(14)15(20)18-13-8-19-4-2-9(13)3-5-19/h9-10,12,16H,2-8,11,20H2,1H3,(H,21,23);4-10,16H,11,20H2,1-3H3,(H,21,23);8-9,21H,4-7,10H2,1-3H3,(H,18,20);2*6-7,9,13H,2-5,8,17H2,1H3,(H,18,20)/t;;;2*13-/m...10/s1. The molecule has 15 rings (SSSR count). The molecule has 5 amide bonds. The number of likely N-dealkylation sites (tertiary alicyclic amines) is 1. The van der Waals surface area contributed by atoms with Crippen molar-refractivity contribution in [3.8, 4) is 28.7 Å². The molecule has 112 heavy (non-hydrogen) atoms. The molecule has 0 aromatic heterocycles. The minimum absolute atomic E-state index is 0.0606. The zero-order valence-corrected chi connectivity index (χ0v) is 69.4. The Balaban J connectivity index is 0.000000161. The van der Waals surface area contributed by atoms with E-state index in [0.29, 0.717) is 154 Å². The summed E-state index contributed by atoms with van der Waals surface area (Å²) in [6.45, 7) is 13.8. The van der Waals surface area contributed by atoms with Crippen molar-refractivity contribution in [1.82, 2.24) is 51.1 Å². The molecule has 0 aliphatic carbocycles. The number of rotatable bonds is 20. The molecular formula is C82H111Cl5N14O11. The highest BCUT2D eigenvalue weighted by atomic mass is 35.5. The van der Waals surface area contributed by atoms with Crippen LogP contribution in [0.15, 0.2) is 91.0 Å². The van der Waals surface area contributed by atoms with Crippen LogP contribution in [0, 0.1) is 24.7 Å². The summed E-state index contributed by atoms with van der Waals surface area (Å²) in [6.07, 6.45) is 12.2. The van der Waals surface area contributed by atoms with E-state index in [9.17, 15) is 29.1 Å². The molecule has 9 saturated heterocycles. The third-order valence-corrected chi connectivity index (χ3v) is 24.2. The molecule has 9 aliphatic rings. The number of likely N-dealkylation sites (N-methyl/N-ethyl adjacent to an activating group) is 1. The average Bonchev–Trinajstić information content (AvgIpc) is 0.800. The summed E-state index contributed by atoms with van der Waals surface area (Å²) in [5, 5.41) is 27.5. The lowest BCUT2D eigenvalue weighted by Gasteiger charge is -2.44. The van der Waals surface area contributed by atoms with Gasteiger partial charge in [-0.2, -0.15) is 0 Å². The molecule has 6 aromatic rings. The Morgan fingerprint density at radius 2 is 0.893 bits per heavy atom. The Kier molecular flexibility index (Phi) is 32.5. The molecule has 9 fully saturated rings. The van der Waals surface area contributed by atoms with Gasteiger partial charge in [-0.05, 0) is 197 Å². The van der Waals surface area contributed by atoms with Crippen LogP contribution in [-0.2, 0) is 0 Å². The Hall–Kier alpha value is -7.92. The first-order chi connectivity index (χ1) is 53.5. The van der Waals surface area contributed by atoms with E-state index >= 15 is 0 Å². The second-order valence-electron chi connectivity index (χ2n) is 30.1. The van der Waals surface area contributed by atoms with Crippen molar-refractivity contribution in [2.24, 2.45) is 17.8 Å². The monoisotopic (exact) mass is 1640 g/mol. The first-order valence-corrected chi connectivity index (χ1v) is 40.1. The Morgan fingerprint density at radius 1 is 0.500 bits per heavy atom. The lowest BCUT2D eigenvalue weighted by atomic mass is 9.83. The molecule has 0 saturated carbocycles. The fraction of sp³-hybridized carbons (Fsp3) is 0.500. The number of nitrogens with one attached hydrogen (secondary N) is 5. The quantitative estimate of drug-likeness (QED) is 0.0317. The van der Waals surface area contributed by atoms with Crippen molar-refractivity contribution in [3.05, 3.63) is 155 Å². The molecule has 6 aromatic carbocycles. The predicted octanol–water partition coefficient (Wildman–Crippen LogP) is 11.2. The zero-order valence-electron chi connectivity index (χ0n) is 65.6. The summed E-state index contributed by atoms with van der Waals surface area (Å²) in [6, 6.07) is 27.0. The van der Waals surface area contributed by atoms with E-state index in [0.717, 1.165) is 89.2 Å². The van der Waals surface area contributed by atoms with Gasteiger partial charge in [0.25, 0.3) is 29.5 Å². The normalized spacial score (nSPS) is 21.6. The number of benzene rings is 6. The number of piperidine rings is 9. The van der Waals surface area contributed by atoms with Gasteiger partial charge < -0.3 is 103 Å². The van der Waals surface area contributed by atoms with Gasteiger partial charge in [-0.15, -0.1) is 0 Å². The van der Waals surface area contributed by atoms with Crippen molar-refractivity contribution < 1.29 is 52.8 Å². The summed E-state index contributed by atoms with van der Waals surface area (Å²) in [5.41, 5.74) is 27.8. The largest absolute Gasteiger partial charge is 0.496 e. The first kappa shape index (κ1) is 88.0. The molecule has 4 bridgehead atoms. The van der Waals surface area contributed by atoms with Crippen molar-refractivity contribution in [3.63, 3.8) is 0 Å². The number of carbonyl (C=O) groups excluding carboxylic acids is 5. The molecule has 3 unspecified atom stereocenters. The van der Waals surface area contributed by atoms with Gasteiger partial charge in [0.05, 0.1) is 118 Å². The van der Waals surface area contributed by atoms with Crippen LogP contribution in [0.2, 0.25) is 25.1 Å². The lowest BCUT2D eigenvalue weighted by molar-refractivity contribution is -0.0135. The van der Waals surface area contributed by atoms with Gasteiger partial charge in [-0.25, -0.2) is 0 Å². The molecule has 25 nitrogen and oxygen atoms in total. The van der Waals surface area contributed by atoms with Crippen LogP contribution in [-0.4, -0.2) is 225 Å². The number of nitrogens with two attached hydrogens (primary N) is 4. The first-order valence-electron chi connectivity index (χ1n) is 38.2. The van der Waals surface area contributed by atoms with Gasteiger partial charge in [0.15, 0.2) is 0 Å². The number of ether oxygens (including phenoxy) is 5. The van der Waals surface area contributed by atoms with E-state index in [2.05, 4.69) is 51.1 Å². The van der Waals surface area contributed by atoms with E-state index in [-0.39, 0.29) is 54.2 Å². The average molecular weight is 1650 g/mol. The number of amides is 5. The van der Waals surface area contributed by atoms with Gasteiger partial charge in [0.2, 0.25) is 0 Å². The van der Waals surface area contributed by atoms with Crippen LogP contribution in [0.1, 0.15) is 140 Å². The number of hydrogen-bond acceptors (Lipinski definition) is 20. The highest BCUT2D eigenvalue weighted by molar-refractivity contribution is 6.35. The van der Waals surface area contributed by atoms with Crippen molar-refractivity contribution in [1.29, 1.82) is 0 Å². The third-order valence-electron chi connectivity index (χ3n) is 22.4. The van der Waals surface area contributed by atoms with E-state index in [4.69, 9.17) is 105 Å². The SMILES string of the molecule is COc1cc(C)c(Cl)cc1C(=O)NCC1(O)CCN(C)CC1.COc1cc(N)c(Cl)cc1C(=O)NCC(c1ccccc1)N(C)C.COc1cc(N)c(Cl)cc1C(=O)NCC1CCCN2CCCCC12.COc1cc(N)c(Cl)cc1C(=O)N[C@@H]1CN2CCC1CC2.COc1cc(N)c(Cl)cc1C(=O)N[C@H]1CN2CCC1CC2. The Labute approximate surface area is 683 Å². The number of nitrogen functional groups attached to an aromatic ring is 4. The van der Waals surface area contributed by atoms with E-state index in [1.807, 2.05) is 58.4 Å². The van der Waals surface area contributed by atoms with E-state index in [1.165, 1.54) is 86.8 Å². The number of nitrogens with zero attached hydrogens (tertiary/aromatic N) is 5. The summed E-state index contributed by atoms with van der Waals surface area (Å²) < 4.78 is 26.2. The topological polar surface area (TPSA) is 332 Å². The van der Waals surface area contributed by atoms with E-state index < -0.39 is 5.60 Å².